The maximum Gasteiger partial charge on any atom is 0.0720 e. The van der Waals surface area contributed by atoms with Crippen molar-refractivity contribution in [1.29, 1.82) is 0 Å². The number of hydrogen-bond donors (Lipinski definition) is 0. The minimum absolute atomic E-state index is 0.637. The van der Waals surface area contributed by atoms with Gasteiger partial charge in [-0.05, 0) is 41.7 Å². The zero-order chi connectivity index (χ0) is 16.7. The average Bonchev–Trinajstić information content (AvgIpc) is 2.61. The molecule has 1 aliphatic rings. The molecule has 1 unspecified atom stereocenters. The Bertz CT molecular complexity index is 784. The molecular formula is C22H25N. The molecule has 23 heavy (non-hydrogen) atoms. The van der Waals surface area contributed by atoms with Crippen molar-refractivity contribution in [3.05, 3.63) is 59.8 Å². The van der Waals surface area contributed by atoms with Gasteiger partial charge in [0.1, 0.15) is 0 Å². The van der Waals surface area contributed by atoms with Gasteiger partial charge < -0.3 is 0 Å². The lowest BCUT2D eigenvalue weighted by atomic mass is 9.92. The Kier molecular flexibility index (Phi) is 6.18. The van der Waals surface area contributed by atoms with Crippen LogP contribution in [0.2, 0.25) is 0 Å². The van der Waals surface area contributed by atoms with Crippen LogP contribution in [0.25, 0.3) is 16.5 Å². The smallest absolute Gasteiger partial charge is 0.0720 e. The fraction of sp³-hybridized carbons (Fsp3) is 0.318. The van der Waals surface area contributed by atoms with Gasteiger partial charge >= 0.3 is 0 Å². The van der Waals surface area contributed by atoms with Gasteiger partial charge in [0.05, 0.1) is 5.52 Å². The normalized spacial score (nSPS) is 16.0. The molecule has 0 spiro atoms. The summed E-state index contributed by atoms with van der Waals surface area (Å²) in [6, 6.07) is 8.42. The number of fused-ring (bicyclic) bond motifs is 1. The molecular weight excluding hydrogens is 278 g/mol. The van der Waals surface area contributed by atoms with E-state index in [-0.39, 0.29) is 0 Å². The number of aromatic nitrogens is 1. The van der Waals surface area contributed by atoms with Gasteiger partial charge in [-0.15, -0.1) is 0 Å². The molecule has 1 aliphatic carbocycles. The molecule has 1 aromatic carbocycles. The Morgan fingerprint density at radius 1 is 1.22 bits per heavy atom. The highest BCUT2D eigenvalue weighted by molar-refractivity contribution is 5.94. The highest BCUT2D eigenvalue weighted by atomic mass is 14.6. The summed E-state index contributed by atoms with van der Waals surface area (Å²) in [6.07, 6.45) is 10.7. The van der Waals surface area contributed by atoms with Crippen LogP contribution in [0.4, 0.5) is 0 Å². The van der Waals surface area contributed by atoms with Crippen molar-refractivity contribution in [2.45, 2.75) is 40.5 Å². The van der Waals surface area contributed by atoms with Crippen LogP contribution in [0.3, 0.4) is 0 Å². The van der Waals surface area contributed by atoms with Crippen LogP contribution in [0.5, 0.6) is 0 Å². The quantitative estimate of drug-likeness (QED) is 0.589. The first-order valence-corrected chi connectivity index (χ1v) is 8.54. The van der Waals surface area contributed by atoms with Crippen molar-refractivity contribution in [2.75, 3.05) is 0 Å². The molecule has 1 heterocycles. The largest absolute Gasteiger partial charge is 0.256 e. The molecule has 0 radical (unpaired) electrons. The third-order valence-corrected chi connectivity index (χ3v) is 3.78. The maximum atomic E-state index is 4.50. The Labute approximate surface area is 140 Å². The summed E-state index contributed by atoms with van der Waals surface area (Å²) in [5.41, 5.74) is 4.62. The number of hydrogen-bond acceptors (Lipinski definition) is 1. The first kappa shape index (κ1) is 17.0. The van der Waals surface area contributed by atoms with Gasteiger partial charge in [-0.25, -0.2) is 0 Å². The van der Waals surface area contributed by atoms with Gasteiger partial charge in [0, 0.05) is 23.6 Å². The fourth-order valence-corrected chi connectivity index (χ4v) is 2.60. The fourth-order valence-electron chi connectivity index (χ4n) is 2.60. The maximum absolute atomic E-state index is 4.50. The summed E-state index contributed by atoms with van der Waals surface area (Å²) in [5, 5.41) is 1.20. The van der Waals surface area contributed by atoms with E-state index >= 15 is 0 Å². The monoisotopic (exact) mass is 303 g/mol. The lowest BCUT2D eigenvalue weighted by Crippen LogP contribution is -1.95. The molecule has 1 atom stereocenters. The molecule has 0 fully saturated rings. The van der Waals surface area contributed by atoms with Gasteiger partial charge in [0.2, 0.25) is 0 Å². The van der Waals surface area contributed by atoms with Gasteiger partial charge in [0.25, 0.3) is 0 Å². The van der Waals surface area contributed by atoms with E-state index in [1.54, 1.807) is 0 Å². The van der Waals surface area contributed by atoms with E-state index in [9.17, 15) is 0 Å². The van der Waals surface area contributed by atoms with E-state index in [0.717, 1.165) is 23.9 Å². The second-order valence-electron chi connectivity index (χ2n) is 5.48. The molecule has 1 heteroatoms. The van der Waals surface area contributed by atoms with E-state index in [2.05, 4.69) is 73.2 Å². The zero-order valence-corrected chi connectivity index (χ0v) is 14.6. The van der Waals surface area contributed by atoms with Crippen LogP contribution in [0.15, 0.2) is 48.7 Å². The second-order valence-corrected chi connectivity index (χ2v) is 5.48. The van der Waals surface area contributed by atoms with E-state index in [1.165, 1.54) is 16.5 Å². The minimum Gasteiger partial charge on any atom is -0.256 e. The van der Waals surface area contributed by atoms with E-state index in [0.29, 0.717) is 5.92 Å². The summed E-state index contributed by atoms with van der Waals surface area (Å²) in [5.74, 6) is 6.92. The molecule has 0 N–H and O–H groups in total. The Morgan fingerprint density at radius 2 is 2.04 bits per heavy atom. The average molecular weight is 303 g/mol. The van der Waals surface area contributed by atoms with Crippen molar-refractivity contribution in [3.63, 3.8) is 0 Å². The van der Waals surface area contributed by atoms with Crippen LogP contribution >= 0.6 is 0 Å². The Balaban J connectivity index is 0.000000924. The highest BCUT2D eigenvalue weighted by Crippen LogP contribution is 2.29. The summed E-state index contributed by atoms with van der Waals surface area (Å²) >= 11 is 0. The predicted octanol–water partition coefficient (Wildman–Crippen LogP) is 6.00. The first-order valence-electron chi connectivity index (χ1n) is 8.54. The SMILES string of the molecule is CC.CCC#Cc1ccc2c(C3=CCC(C)C=C3)ccnc2c1. The van der Waals surface area contributed by atoms with Crippen molar-refractivity contribution >= 4 is 16.5 Å². The van der Waals surface area contributed by atoms with Gasteiger partial charge in [0.15, 0.2) is 0 Å². The number of benzene rings is 1. The van der Waals surface area contributed by atoms with E-state index in [1.807, 2.05) is 20.0 Å². The molecule has 0 bridgehead atoms. The molecule has 1 nitrogen and oxygen atoms in total. The topological polar surface area (TPSA) is 12.9 Å². The summed E-state index contributed by atoms with van der Waals surface area (Å²) in [7, 11) is 0. The standard InChI is InChI=1S/C20H19N.C2H6/c1-3-4-5-16-8-11-19-18(12-13-21-20(19)14-16)17-9-6-15(2)7-10-17;1-2/h6,8-15H,3,7H2,1-2H3;1-2H3. The summed E-state index contributed by atoms with van der Waals surface area (Å²) < 4.78 is 0. The first-order chi connectivity index (χ1) is 11.3. The van der Waals surface area contributed by atoms with Crippen molar-refractivity contribution in [1.82, 2.24) is 4.98 Å². The highest BCUT2D eigenvalue weighted by Gasteiger charge is 2.09. The molecule has 2 aromatic rings. The zero-order valence-electron chi connectivity index (χ0n) is 14.6. The third kappa shape index (κ3) is 4.11. The third-order valence-electron chi connectivity index (χ3n) is 3.78. The molecule has 0 aliphatic heterocycles. The van der Waals surface area contributed by atoms with Crippen LogP contribution in [0.1, 0.15) is 51.7 Å². The lowest BCUT2D eigenvalue weighted by Gasteiger charge is -2.13. The lowest BCUT2D eigenvalue weighted by molar-refractivity contribution is 0.739. The molecule has 1 aromatic heterocycles. The predicted molar refractivity (Wildman–Crippen MR) is 101 cm³/mol. The summed E-state index contributed by atoms with van der Waals surface area (Å²) in [6.45, 7) is 8.31. The Hall–Kier alpha value is -2.33. The molecule has 0 saturated heterocycles. The van der Waals surface area contributed by atoms with Gasteiger partial charge in [-0.3, -0.25) is 4.98 Å². The van der Waals surface area contributed by atoms with Crippen LogP contribution in [0, 0.1) is 17.8 Å². The number of allylic oxidation sites excluding steroid dienone is 4. The number of pyridine rings is 1. The van der Waals surface area contributed by atoms with Crippen molar-refractivity contribution < 1.29 is 0 Å². The minimum atomic E-state index is 0.637. The Morgan fingerprint density at radius 3 is 2.74 bits per heavy atom. The van der Waals surface area contributed by atoms with Crippen molar-refractivity contribution in [2.24, 2.45) is 5.92 Å². The molecule has 118 valence electrons. The van der Waals surface area contributed by atoms with Crippen LogP contribution < -0.4 is 0 Å². The van der Waals surface area contributed by atoms with Gasteiger partial charge in [-0.2, -0.15) is 0 Å². The van der Waals surface area contributed by atoms with E-state index in [4.69, 9.17) is 0 Å². The van der Waals surface area contributed by atoms with E-state index < -0.39 is 0 Å². The number of rotatable bonds is 1. The van der Waals surface area contributed by atoms with Gasteiger partial charge in [-0.1, -0.05) is 63.8 Å². The van der Waals surface area contributed by atoms with Crippen LogP contribution in [-0.4, -0.2) is 4.98 Å². The van der Waals surface area contributed by atoms with Crippen LogP contribution in [-0.2, 0) is 0 Å². The molecule has 0 saturated carbocycles. The summed E-state index contributed by atoms with van der Waals surface area (Å²) in [4.78, 5) is 4.50. The van der Waals surface area contributed by atoms with Crippen molar-refractivity contribution in [3.8, 4) is 11.8 Å². The molecule has 3 rings (SSSR count). The number of nitrogens with zero attached hydrogens (tertiary/aromatic N) is 1. The second kappa shape index (κ2) is 8.34. The molecule has 0 amide bonds.